The van der Waals surface area contributed by atoms with Crippen molar-refractivity contribution in [1.82, 2.24) is 30.0 Å². The van der Waals surface area contributed by atoms with E-state index < -0.39 is 0 Å². The van der Waals surface area contributed by atoms with E-state index in [-0.39, 0.29) is 24.0 Å². The van der Waals surface area contributed by atoms with Gasteiger partial charge in [-0.2, -0.15) is 5.10 Å². The summed E-state index contributed by atoms with van der Waals surface area (Å²) in [4.78, 5) is 8.65. The van der Waals surface area contributed by atoms with Crippen LogP contribution in [0.5, 0.6) is 0 Å². The Balaban J connectivity index is 0.00000300. The highest BCUT2D eigenvalue weighted by Crippen LogP contribution is 2.24. The Bertz CT molecular complexity index is 938. The molecule has 0 fully saturated rings. The van der Waals surface area contributed by atoms with Crippen molar-refractivity contribution in [2.75, 3.05) is 6.54 Å². The number of halogens is 3. The van der Waals surface area contributed by atoms with Gasteiger partial charge in [0.1, 0.15) is 17.8 Å². The Kier molecular flexibility index (Phi) is 9.25. The first kappa shape index (κ1) is 23.5. The lowest BCUT2D eigenvalue weighted by Crippen LogP contribution is -2.37. The molecule has 0 aliphatic heterocycles. The zero-order valence-electron chi connectivity index (χ0n) is 16.3. The fourth-order valence-electron chi connectivity index (χ4n) is 2.77. The minimum atomic E-state index is 0. The van der Waals surface area contributed by atoms with Crippen molar-refractivity contribution in [2.45, 2.75) is 26.6 Å². The highest BCUT2D eigenvalue weighted by molar-refractivity contribution is 14.0. The molecule has 3 aromatic rings. The molecule has 156 valence electrons. The molecule has 0 saturated heterocycles. The average molecular weight is 548 g/mol. The first-order valence-electron chi connectivity index (χ1n) is 8.98. The Hall–Kier alpha value is -1.78. The van der Waals surface area contributed by atoms with E-state index in [9.17, 15) is 0 Å². The second-order valence-electron chi connectivity index (χ2n) is 6.30. The molecule has 0 spiro atoms. The fraction of sp³-hybridized carbons (Fsp3) is 0.316. The van der Waals surface area contributed by atoms with Crippen molar-refractivity contribution in [3.8, 4) is 0 Å². The highest BCUT2D eigenvalue weighted by Gasteiger charge is 2.09. The van der Waals surface area contributed by atoms with Crippen LogP contribution in [0.2, 0.25) is 10.2 Å². The molecule has 2 aromatic heterocycles. The lowest BCUT2D eigenvalue weighted by molar-refractivity contribution is 0.684. The van der Waals surface area contributed by atoms with E-state index in [1.165, 1.54) is 6.33 Å². The predicted octanol–water partition coefficient (Wildman–Crippen LogP) is 3.85. The van der Waals surface area contributed by atoms with Crippen molar-refractivity contribution < 1.29 is 0 Å². The first-order chi connectivity index (χ1) is 13.6. The summed E-state index contributed by atoms with van der Waals surface area (Å²) >= 11 is 12.2. The third-order valence-corrected chi connectivity index (χ3v) is 5.06. The van der Waals surface area contributed by atoms with Gasteiger partial charge in [-0.3, -0.25) is 0 Å². The van der Waals surface area contributed by atoms with Crippen LogP contribution in [0.1, 0.15) is 23.7 Å². The van der Waals surface area contributed by atoms with Gasteiger partial charge in [-0.05, 0) is 24.1 Å². The quantitative estimate of drug-likeness (QED) is 0.268. The maximum Gasteiger partial charge on any atom is 0.191 e. The maximum absolute atomic E-state index is 6.13. The van der Waals surface area contributed by atoms with Crippen molar-refractivity contribution in [2.24, 2.45) is 12.0 Å². The molecule has 0 radical (unpaired) electrons. The number of hydrogen-bond donors (Lipinski definition) is 2. The second-order valence-corrected chi connectivity index (χ2v) is 7.06. The molecule has 0 amide bonds. The number of hydrogen-bond acceptors (Lipinski definition) is 3. The number of aliphatic imine (C=N–C) groups is 1. The van der Waals surface area contributed by atoms with Gasteiger partial charge in [-0.1, -0.05) is 47.5 Å². The molecule has 0 aliphatic rings. The average Bonchev–Trinajstić information content (AvgIpc) is 3.28. The number of nitrogens with one attached hydrogen (secondary N) is 2. The summed E-state index contributed by atoms with van der Waals surface area (Å²) in [7, 11) is 1.88. The Morgan fingerprint density at radius 1 is 1.17 bits per heavy atom. The molecule has 0 atom stereocenters. The Labute approximate surface area is 197 Å². The summed E-state index contributed by atoms with van der Waals surface area (Å²) < 4.78 is 3.65. The SMILES string of the molecule is CCNC(=NCc1cccc(Cn2cncn2)c1)NCc1cc(Cl)c(Cl)n1C.I. The van der Waals surface area contributed by atoms with Gasteiger partial charge in [0, 0.05) is 19.3 Å². The van der Waals surface area contributed by atoms with Crippen LogP contribution in [0.3, 0.4) is 0 Å². The lowest BCUT2D eigenvalue weighted by Gasteiger charge is -2.12. The highest BCUT2D eigenvalue weighted by atomic mass is 127. The van der Waals surface area contributed by atoms with Gasteiger partial charge in [0.2, 0.25) is 0 Å². The zero-order valence-corrected chi connectivity index (χ0v) is 20.1. The van der Waals surface area contributed by atoms with Crippen LogP contribution in [-0.2, 0) is 26.7 Å². The third-order valence-electron chi connectivity index (χ3n) is 4.22. The molecule has 0 bridgehead atoms. The van der Waals surface area contributed by atoms with E-state index in [1.54, 1.807) is 11.0 Å². The summed E-state index contributed by atoms with van der Waals surface area (Å²) in [5, 5.41) is 11.8. The standard InChI is InChI=1S/C19H23Cl2N7.HI/c1-3-23-19(25-10-16-8-17(20)18(21)27(16)2)24-9-14-5-4-6-15(7-14)11-28-13-22-12-26-28;/h4-8,12-13H,3,9-11H2,1-2H3,(H2,23,24,25);1H. The predicted molar refractivity (Wildman–Crippen MR) is 128 cm³/mol. The van der Waals surface area contributed by atoms with Crippen LogP contribution in [0.25, 0.3) is 0 Å². The molecule has 1 aromatic carbocycles. The molecule has 29 heavy (non-hydrogen) atoms. The largest absolute Gasteiger partial charge is 0.357 e. The number of aromatic nitrogens is 4. The molecule has 0 unspecified atom stereocenters. The molecule has 0 aliphatic carbocycles. The van der Waals surface area contributed by atoms with Crippen LogP contribution in [-0.4, -0.2) is 31.8 Å². The van der Waals surface area contributed by atoms with E-state index in [0.29, 0.717) is 29.8 Å². The van der Waals surface area contributed by atoms with E-state index in [4.69, 9.17) is 23.2 Å². The topological polar surface area (TPSA) is 72.1 Å². The van der Waals surface area contributed by atoms with Gasteiger partial charge in [-0.15, -0.1) is 24.0 Å². The summed E-state index contributed by atoms with van der Waals surface area (Å²) in [5.74, 6) is 0.734. The third kappa shape index (κ3) is 6.61. The summed E-state index contributed by atoms with van der Waals surface area (Å²) in [6.07, 6.45) is 3.25. The van der Waals surface area contributed by atoms with Gasteiger partial charge in [0.25, 0.3) is 0 Å². The minimum Gasteiger partial charge on any atom is -0.357 e. The van der Waals surface area contributed by atoms with E-state index in [2.05, 4.69) is 43.9 Å². The van der Waals surface area contributed by atoms with Gasteiger partial charge < -0.3 is 15.2 Å². The fourth-order valence-corrected chi connectivity index (χ4v) is 3.19. The summed E-state index contributed by atoms with van der Waals surface area (Å²) in [6, 6.07) is 10.2. The molecule has 3 rings (SSSR count). The van der Waals surface area contributed by atoms with Crippen molar-refractivity contribution in [3.63, 3.8) is 0 Å². The molecule has 10 heteroatoms. The van der Waals surface area contributed by atoms with Gasteiger partial charge in [0.05, 0.1) is 24.7 Å². The van der Waals surface area contributed by atoms with Crippen LogP contribution in [0.4, 0.5) is 0 Å². The molecular formula is C19H24Cl2IN7. The van der Waals surface area contributed by atoms with Crippen molar-refractivity contribution in [3.05, 3.63) is 70.0 Å². The molecule has 2 N–H and O–H groups in total. The van der Waals surface area contributed by atoms with E-state index in [0.717, 1.165) is 29.3 Å². The van der Waals surface area contributed by atoms with Crippen LogP contribution >= 0.6 is 47.2 Å². The number of rotatable bonds is 7. The Morgan fingerprint density at radius 2 is 1.97 bits per heavy atom. The summed E-state index contributed by atoms with van der Waals surface area (Å²) in [6.45, 7) is 4.63. The normalized spacial score (nSPS) is 11.2. The smallest absolute Gasteiger partial charge is 0.191 e. The summed E-state index contributed by atoms with van der Waals surface area (Å²) in [5.41, 5.74) is 3.26. The molecular weight excluding hydrogens is 524 g/mol. The van der Waals surface area contributed by atoms with Crippen LogP contribution in [0, 0.1) is 0 Å². The number of nitrogens with zero attached hydrogens (tertiary/aromatic N) is 5. The van der Waals surface area contributed by atoms with Crippen LogP contribution < -0.4 is 10.6 Å². The molecule has 2 heterocycles. The van der Waals surface area contributed by atoms with E-state index in [1.807, 2.05) is 30.7 Å². The van der Waals surface area contributed by atoms with Gasteiger partial charge in [0.15, 0.2) is 5.96 Å². The van der Waals surface area contributed by atoms with Crippen molar-refractivity contribution >= 4 is 53.1 Å². The second kappa shape index (κ2) is 11.4. The monoisotopic (exact) mass is 547 g/mol. The van der Waals surface area contributed by atoms with Crippen LogP contribution in [0.15, 0.2) is 48.0 Å². The lowest BCUT2D eigenvalue weighted by atomic mass is 10.1. The van der Waals surface area contributed by atoms with Gasteiger partial charge in [-0.25, -0.2) is 14.7 Å². The Morgan fingerprint density at radius 3 is 2.62 bits per heavy atom. The molecule has 0 saturated carbocycles. The van der Waals surface area contributed by atoms with Crippen molar-refractivity contribution in [1.29, 1.82) is 0 Å². The minimum absolute atomic E-state index is 0. The number of guanidine groups is 1. The first-order valence-corrected chi connectivity index (χ1v) is 9.74. The number of benzene rings is 1. The van der Waals surface area contributed by atoms with Gasteiger partial charge >= 0.3 is 0 Å². The van der Waals surface area contributed by atoms with E-state index >= 15 is 0 Å². The zero-order chi connectivity index (χ0) is 19.9. The molecule has 7 nitrogen and oxygen atoms in total. The maximum atomic E-state index is 6.13.